The molecule has 3 aliphatic rings. The fourth-order valence-corrected chi connectivity index (χ4v) is 8.67. The molecule has 3 aliphatic carbocycles. The molecule has 254 valence electrons. The Kier molecular flexibility index (Phi) is 9.98. The summed E-state index contributed by atoms with van der Waals surface area (Å²) in [4.78, 5) is 40.9. The number of hydrogen-bond donors (Lipinski definition) is 4. The van der Waals surface area contributed by atoms with Gasteiger partial charge in [0.05, 0.1) is 5.56 Å². The lowest BCUT2D eigenvalue weighted by Crippen LogP contribution is -2.69. The van der Waals surface area contributed by atoms with Crippen molar-refractivity contribution in [3.63, 3.8) is 0 Å². The summed E-state index contributed by atoms with van der Waals surface area (Å²) in [5.74, 6) is -5.58. The molecule has 1 aromatic rings. The number of allylic oxidation sites excluding steroid dienone is 1. The molecule has 11 heteroatoms. The summed E-state index contributed by atoms with van der Waals surface area (Å²) < 4.78 is 21.9. The monoisotopic (exact) mass is 644 g/mol. The number of methoxy groups -OCH3 is 4. The summed E-state index contributed by atoms with van der Waals surface area (Å²) in [6.07, 6.45) is 0.639. The Morgan fingerprint density at radius 2 is 1.50 bits per heavy atom. The van der Waals surface area contributed by atoms with E-state index in [4.69, 9.17) is 18.9 Å². The normalized spacial score (nSPS) is 28.0. The first-order chi connectivity index (χ1) is 21.5. The second kappa shape index (κ2) is 12.8. The summed E-state index contributed by atoms with van der Waals surface area (Å²) in [5, 5.41) is 46.5. The third kappa shape index (κ3) is 5.39. The summed E-state index contributed by atoms with van der Waals surface area (Å²) in [5.41, 5.74) is -4.55. The maximum Gasteiger partial charge on any atom is 0.203 e. The number of carbonyl (C=O) groups is 3. The molecule has 4 atom stereocenters. The zero-order chi connectivity index (χ0) is 34.5. The van der Waals surface area contributed by atoms with Crippen LogP contribution in [0.3, 0.4) is 0 Å². The summed E-state index contributed by atoms with van der Waals surface area (Å²) in [6, 6.07) is 3.23. The van der Waals surface area contributed by atoms with Crippen LogP contribution in [-0.4, -0.2) is 84.4 Å². The van der Waals surface area contributed by atoms with Gasteiger partial charge in [0, 0.05) is 63.6 Å². The molecule has 0 spiro atoms. The van der Waals surface area contributed by atoms with E-state index in [1.165, 1.54) is 6.07 Å². The lowest BCUT2D eigenvalue weighted by molar-refractivity contribution is -0.178. The fourth-order valence-electron chi connectivity index (χ4n) is 8.67. The lowest BCUT2D eigenvalue weighted by Gasteiger charge is -2.59. The lowest BCUT2D eigenvalue weighted by atomic mass is 9.43. The zero-order valence-corrected chi connectivity index (χ0v) is 28.2. The number of benzene rings is 1. The number of phenolic OH excluding ortho intramolecular Hbond substituents is 1. The Morgan fingerprint density at radius 1 is 0.957 bits per heavy atom. The second-order valence-corrected chi connectivity index (χ2v) is 13.9. The van der Waals surface area contributed by atoms with Crippen LogP contribution in [0.25, 0.3) is 5.76 Å². The predicted molar refractivity (Wildman–Crippen MR) is 168 cm³/mol. The molecule has 11 nitrogen and oxygen atoms in total. The molecule has 1 unspecified atom stereocenters. The quantitative estimate of drug-likeness (QED) is 0.188. The molecule has 0 bridgehead atoms. The van der Waals surface area contributed by atoms with E-state index in [0.717, 1.165) is 12.5 Å². The van der Waals surface area contributed by atoms with E-state index in [0.29, 0.717) is 24.8 Å². The molecule has 1 saturated carbocycles. The van der Waals surface area contributed by atoms with Gasteiger partial charge in [-0.15, -0.1) is 0 Å². The maximum atomic E-state index is 14.5. The van der Waals surface area contributed by atoms with Crippen LogP contribution < -0.4 is 0 Å². The van der Waals surface area contributed by atoms with Crippen molar-refractivity contribution in [2.24, 2.45) is 28.6 Å². The standard InChI is InChI=1S/C35H48O11/c1-17(2)27-29(38)25(18(3)36)31(40)35(42)32(41)28-30(39)26-21(15-33(28,4)16-34(27,35)5)20(10-11-22(26)37)12-19(13-23(43-6)44-7)14-24(45-8)46-9/h10-11,17,19,23-24,27,37,39-40,42H,12-16H2,1-9H3/t27?,33-,34-,35+/m1/s1. The van der Waals surface area contributed by atoms with Crippen molar-refractivity contribution in [3.8, 4) is 5.75 Å². The van der Waals surface area contributed by atoms with Crippen molar-refractivity contribution in [1.82, 2.24) is 0 Å². The van der Waals surface area contributed by atoms with Gasteiger partial charge in [-0.3, -0.25) is 14.4 Å². The molecule has 0 aliphatic heterocycles. The Hall–Kier alpha value is -3.09. The van der Waals surface area contributed by atoms with E-state index in [1.807, 2.05) is 0 Å². The third-order valence-electron chi connectivity index (χ3n) is 10.6. The van der Waals surface area contributed by atoms with Crippen molar-refractivity contribution < 1.29 is 53.8 Å². The van der Waals surface area contributed by atoms with Crippen LogP contribution in [0.15, 0.2) is 29.0 Å². The minimum Gasteiger partial charge on any atom is -0.508 e. The number of rotatable bonds is 12. The van der Waals surface area contributed by atoms with E-state index in [9.17, 15) is 34.8 Å². The van der Waals surface area contributed by atoms with Gasteiger partial charge in [-0.25, -0.2) is 0 Å². The topological polar surface area (TPSA) is 169 Å². The van der Waals surface area contributed by atoms with Gasteiger partial charge in [0.15, 0.2) is 29.7 Å². The van der Waals surface area contributed by atoms with Crippen molar-refractivity contribution in [1.29, 1.82) is 0 Å². The number of ether oxygens (including phenoxy) is 4. The second-order valence-electron chi connectivity index (χ2n) is 13.9. The third-order valence-corrected chi connectivity index (χ3v) is 10.6. The minimum atomic E-state index is -2.65. The number of aliphatic hydroxyl groups is 3. The van der Waals surface area contributed by atoms with Gasteiger partial charge in [0.2, 0.25) is 5.78 Å². The molecule has 0 heterocycles. The van der Waals surface area contributed by atoms with E-state index in [-0.39, 0.29) is 35.6 Å². The van der Waals surface area contributed by atoms with Crippen molar-refractivity contribution in [2.45, 2.75) is 84.9 Å². The molecular formula is C35H48O11. The molecule has 46 heavy (non-hydrogen) atoms. The van der Waals surface area contributed by atoms with Crippen LogP contribution >= 0.6 is 0 Å². The molecule has 4 rings (SSSR count). The molecule has 0 saturated heterocycles. The SMILES string of the molecule is COC(CC(Cc1ccc(O)c2c1C[C@]1(C)C[C@]3(C)C(C(C)C)C(=O)C(C(C)=O)=C(O)[C@]3(O)C(=O)C1=C2O)CC(OC)OC)OC. The average molecular weight is 645 g/mol. The van der Waals surface area contributed by atoms with Gasteiger partial charge in [0.25, 0.3) is 0 Å². The number of ketones is 3. The fraction of sp³-hybridized carbons (Fsp3) is 0.629. The molecule has 4 N–H and O–H groups in total. The minimum absolute atomic E-state index is 0.0221. The van der Waals surface area contributed by atoms with E-state index < -0.39 is 75.3 Å². The number of fused-ring (bicyclic) bond motifs is 3. The Morgan fingerprint density at radius 3 is 1.98 bits per heavy atom. The molecule has 0 aromatic heterocycles. The van der Waals surface area contributed by atoms with Crippen LogP contribution in [0.1, 0.15) is 70.6 Å². The van der Waals surface area contributed by atoms with Crippen LogP contribution in [0.5, 0.6) is 5.75 Å². The van der Waals surface area contributed by atoms with Gasteiger partial charge in [-0.2, -0.15) is 0 Å². The summed E-state index contributed by atoms with van der Waals surface area (Å²) in [7, 11) is 6.21. The molecular weight excluding hydrogens is 596 g/mol. The van der Waals surface area contributed by atoms with E-state index >= 15 is 0 Å². The van der Waals surface area contributed by atoms with Crippen molar-refractivity contribution >= 4 is 23.1 Å². The van der Waals surface area contributed by atoms with Gasteiger partial charge in [-0.1, -0.05) is 33.8 Å². The van der Waals surface area contributed by atoms with Gasteiger partial charge in [0.1, 0.15) is 22.8 Å². The number of hydrogen-bond acceptors (Lipinski definition) is 11. The van der Waals surface area contributed by atoms with Crippen molar-refractivity contribution in [3.05, 3.63) is 45.7 Å². The highest BCUT2D eigenvalue weighted by Gasteiger charge is 2.72. The van der Waals surface area contributed by atoms with Gasteiger partial charge < -0.3 is 39.4 Å². The molecule has 0 amide bonds. The zero-order valence-electron chi connectivity index (χ0n) is 28.2. The van der Waals surface area contributed by atoms with E-state index in [1.54, 1.807) is 62.2 Å². The molecule has 1 aromatic carbocycles. The molecule has 0 radical (unpaired) electrons. The number of phenols is 1. The first-order valence-corrected chi connectivity index (χ1v) is 15.6. The van der Waals surface area contributed by atoms with Crippen molar-refractivity contribution in [2.75, 3.05) is 28.4 Å². The maximum absolute atomic E-state index is 14.5. The summed E-state index contributed by atoms with van der Waals surface area (Å²) >= 11 is 0. The number of aromatic hydroxyl groups is 1. The number of carbonyl (C=O) groups excluding carboxylic acids is 3. The highest BCUT2D eigenvalue weighted by Crippen LogP contribution is 2.65. The number of Topliss-reactive ketones (excluding diaryl/α,β-unsaturated/α-hetero) is 3. The Bertz CT molecular complexity index is 1450. The predicted octanol–water partition coefficient (Wildman–Crippen LogP) is 4.37. The van der Waals surface area contributed by atoms with Gasteiger partial charge in [-0.05, 0) is 55.2 Å². The van der Waals surface area contributed by atoms with Crippen LogP contribution in [-0.2, 0) is 46.2 Å². The average Bonchev–Trinajstić information content (AvgIpc) is 2.97. The van der Waals surface area contributed by atoms with Gasteiger partial charge >= 0.3 is 0 Å². The Labute approximate surface area is 270 Å². The summed E-state index contributed by atoms with van der Waals surface area (Å²) in [6.45, 7) is 8.04. The smallest absolute Gasteiger partial charge is 0.203 e. The van der Waals surface area contributed by atoms with E-state index in [2.05, 4.69) is 0 Å². The largest absolute Gasteiger partial charge is 0.508 e. The van der Waals surface area contributed by atoms with Crippen LogP contribution in [0.4, 0.5) is 0 Å². The Balaban J connectivity index is 1.92. The highest BCUT2D eigenvalue weighted by molar-refractivity contribution is 6.24. The first kappa shape index (κ1) is 35.8. The van der Waals surface area contributed by atoms with Crippen LogP contribution in [0.2, 0.25) is 0 Å². The first-order valence-electron chi connectivity index (χ1n) is 15.6. The molecule has 1 fully saturated rings. The number of aliphatic hydroxyl groups excluding tert-OH is 2. The highest BCUT2D eigenvalue weighted by atomic mass is 16.7. The van der Waals surface area contributed by atoms with Crippen LogP contribution in [0, 0.1) is 28.6 Å².